The molecule has 0 aliphatic carbocycles. The second-order valence-electron chi connectivity index (χ2n) is 4.00. The van der Waals surface area contributed by atoms with Crippen molar-refractivity contribution in [2.24, 2.45) is 0 Å². The van der Waals surface area contributed by atoms with E-state index in [4.69, 9.17) is 9.47 Å². The van der Waals surface area contributed by atoms with Crippen molar-refractivity contribution in [3.8, 4) is 5.88 Å². The highest BCUT2D eigenvalue weighted by Crippen LogP contribution is 2.13. The van der Waals surface area contributed by atoms with Gasteiger partial charge in [0, 0.05) is 26.7 Å². The zero-order valence-corrected chi connectivity index (χ0v) is 10.2. The van der Waals surface area contributed by atoms with Gasteiger partial charge < -0.3 is 19.7 Å². The number of hydrogen-bond donors (Lipinski definition) is 1. The van der Waals surface area contributed by atoms with E-state index in [0.717, 1.165) is 32.1 Å². The van der Waals surface area contributed by atoms with Gasteiger partial charge in [-0.15, -0.1) is 0 Å². The molecule has 0 aromatic carbocycles. The molecule has 0 radical (unpaired) electrons. The van der Waals surface area contributed by atoms with Crippen molar-refractivity contribution < 1.29 is 9.47 Å². The molecule has 1 aromatic heterocycles. The molecular formula is C11H18N4O2. The van der Waals surface area contributed by atoms with Crippen LogP contribution in [0.25, 0.3) is 0 Å². The first-order valence-electron chi connectivity index (χ1n) is 5.69. The number of hydrogen-bond acceptors (Lipinski definition) is 6. The quantitative estimate of drug-likeness (QED) is 0.791. The summed E-state index contributed by atoms with van der Waals surface area (Å²) in [6.07, 6.45) is 3.51. The van der Waals surface area contributed by atoms with Gasteiger partial charge in [0.05, 0.1) is 32.2 Å². The van der Waals surface area contributed by atoms with E-state index >= 15 is 0 Å². The Bertz CT molecular complexity index is 355. The van der Waals surface area contributed by atoms with Gasteiger partial charge in [-0.05, 0) is 0 Å². The van der Waals surface area contributed by atoms with Crippen molar-refractivity contribution in [2.45, 2.75) is 6.10 Å². The summed E-state index contributed by atoms with van der Waals surface area (Å²) in [5.74, 6) is 1.32. The van der Waals surface area contributed by atoms with Crippen LogP contribution in [0.5, 0.6) is 5.88 Å². The topological polar surface area (TPSA) is 59.5 Å². The summed E-state index contributed by atoms with van der Waals surface area (Å²) in [7, 11) is 3.56. The predicted molar refractivity (Wildman–Crippen MR) is 64.5 cm³/mol. The lowest BCUT2D eigenvalue weighted by molar-refractivity contribution is 0.0339. The Hall–Kier alpha value is -1.40. The van der Waals surface area contributed by atoms with Crippen LogP contribution in [-0.4, -0.2) is 56.5 Å². The summed E-state index contributed by atoms with van der Waals surface area (Å²) in [6.45, 7) is 3.36. The highest BCUT2D eigenvalue weighted by Gasteiger charge is 2.16. The molecule has 0 bridgehead atoms. The fraction of sp³-hybridized carbons (Fsp3) is 0.636. The van der Waals surface area contributed by atoms with E-state index in [2.05, 4.69) is 15.3 Å². The summed E-state index contributed by atoms with van der Waals surface area (Å²) >= 11 is 0. The number of nitrogens with zero attached hydrogens (tertiary/aromatic N) is 3. The molecule has 1 aliphatic rings. The second-order valence-corrected chi connectivity index (χ2v) is 4.00. The summed E-state index contributed by atoms with van der Waals surface area (Å²) in [5, 5.41) is 3.30. The summed E-state index contributed by atoms with van der Waals surface area (Å²) in [6, 6.07) is 0. The Morgan fingerprint density at radius 3 is 3.18 bits per heavy atom. The van der Waals surface area contributed by atoms with Gasteiger partial charge in [0.25, 0.3) is 0 Å². The van der Waals surface area contributed by atoms with Crippen molar-refractivity contribution in [3.63, 3.8) is 0 Å². The number of morpholine rings is 1. The van der Waals surface area contributed by atoms with Gasteiger partial charge in [0.15, 0.2) is 5.82 Å². The minimum Gasteiger partial charge on any atom is -0.480 e. The molecule has 0 amide bonds. The molecule has 0 saturated carbocycles. The molecule has 1 aromatic rings. The van der Waals surface area contributed by atoms with Crippen molar-refractivity contribution in [1.29, 1.82) is 0 Å². The maximum atomic E-state index is 5.64. The van der Waals surface area contributed by atoms with Crippen LogP contribution < -0.4 is 15.0 Å². The number of anilines is 1. The number of likely N-dealkylation sites (N-methyl/N-ethyl adjacent to an activating group) is 1. The molecule has 2 rings (SSSR count). The first kappa shape index (κ1) is 12.1. The van der Waals surface area contributed by atoms with Gasteiger partial charge >= 0.3 is 0 Å². The maximum Gasteiger partial charge on any atom is 0.233 e. The van der Waals surface area contributed by atoms with Crippen LogP contribution in [0.1, 0.15) is 0 Å². The van der Waals surface area contributed by atoms with E-state index in [9.17, 15) is 0 Å². The third-order valence-electron chi connectivity index (χ3n) is 2.68. The lowest BCUT2D eigenvalue weighted by Gasteiger charge is -2.28. The molecule has 0 spiro atoms. The Kier molecular flexibility index (Phi) is 4.11. The monoisotopic (exact) mass is 238 g/mol. The van der Waals surface area contributed by atoms with Crippen molar-refractivity contribution in [3.05, 3.63) is 12.4 Å². The summed E-state index contributed by atoms with van der Waals surface area (Å²) in [5.41, 5.74) is 0. The first-order chi connectivity index (χ1) is 8.29. The van der Waals surface area contributed by atoms with E-state index in [1.165, 1.54) is 0 Å². The van der Waals surface area contributed by atoms with Crippen LogP contribution >= 0.6 is 0 Å². The first-order valence-corrected chi connectivity index (χ1v) is 5.69. The fourth-order valence-corrected chi connectivity index (χ4v) is 1.76. The molecule has 1 unspecified atom stereocenters. The van der Waals surface area contributed by atoms with E-state index in [0.29, 0.717) is 5.88 Å². The smallest absolute Gasteiger partial charge is 0.233 e. The number of aromatic nitrogens is 2. The highest BCUT2D eigenvalue weighted by atomic mass is 16.5. The Labute approximate surface area is 101 Å². The van der Waals surface area contributed by atoms with Gasteiger partial charge in [-0.1, -0.05) is 0 Å². The molecule has 1 aliphatic heterocycles. The standard InChI is InChI=1S/C11H18N4O2/c1-15(8-9-5-12-3-4-17-9)10-6-13-7-11(14-10)16-2/h6-7,9,12H,3-5,8H2,1-2H3. The number of ether oxygens (including phenoxy) is 2. The number of rotatable bonds is 4. The molecule has 1 saturated heterocycles. The summed E-state index contributed by atoms with van der Waals surface area (Å²) < 4.78 is 10.7. The molecule has 94 valence electrons. The van der Waals surface area contributed by atoms with Crippen LogP contribution in [0.15, 0.2) is 12.4 Å². The minimum absolute atomic E-state index is 0.196. The normalized spacial score (nSPS) is 20.0. The fourth-order valence-electron chi connectivity index (χ4n) is 1.76. The molecule has 1 fully saturated rings. The van der Waals surface area contributed by atoms with E-state index in [1.807, 2.05) is 11.9 Å². The highest BCUT2D eigenvalue weighted by molar-refractivity contribution is 5.36. The SMILES string of the molecule is COc1cncc(N(C)CC2CNCCO2)n1. The molecule has 1 atom stereocenters. The average molecular weight is 238 g/mol. The van der Waals surface area contributed by atoms with E-state index in [1.54, 1.807) is 19.5 Å². The Balaban J connectivity index is 1.95. The number of methoxy groups -OCH3 is 1. The summed E-state index contributed by atoms with van der Waals surface area (Å²) in [4.78, 5) is 10.4. The average Bonchev–Trinajstić information content (AvgIpc) is 2.40. The van der Waals surface area contributed by atoms with Crippen LogP contribution in [0.4, 0.5) is 5.82 Å². The van der Waals surface area contributed by atoms with E-state index in [-0.39, 0.29) is 6.10 Å². The second kappa shape index (κ2) is 5.79. The Morgan fingerprint density at radius 2 is 2.47 bits per heavy atom. The minimum atomic E-state index is 0.196. The predicted octanol–water partition coefficient (Wildman–Crippen LogP) is -0.0902. The van der Waals surface area contributed by atoms with Gasteiger partial charge in [0.1, 0.15) is 0 Å². The van der Waals surface area contributed by atoms with Gasteiger partial charge in [0.2, 0.25) is 5.88 Å². The molecule has 6 heteroatoms. The van der Waals surface area contributed by atoms with Gasteiger partial charge in [-0.25, -0.2) is 0 Å². The third-order valence-corrected chi connectivity index (χ3v) is 2.68. The van der Waals surface area contributed by atoms with E-state index < -0.39 is 0 Å². The van der Waals surface area contributed by atoms with Crippen molar-refractivity contribution >= 4 is 5.82 Å². The zero-order chi connectivity index (χ0) is 12.1. The largest absolute Gasteiger partial charge is 0.480 e. The molecule has 17 heavy (non-hydrogen) atoms. The molecule has 1 N–H and O–H groups in total. The molecular weight excluding hydrogens is 220 g/mol. The van der Waals surface area contributed by atoms with Crippen LogP contribution in [0.2, 0.25) is 0 Å². The van der Waals surface area contributed by atoms with Crippen LogP contribution in [0.3, 0.4) is 0 Å². The Morgan fingerprint density at radius 1 is 1.59 bits per heavy atom. The lowest BCUT2D eigenvalue weighted by atomic mass is 10.3. The molecule has 6 nitrogen and oxygen atoms in total. The zero-order valence-electron chi connectivity index (χ0n) is 10.2. The number of nitrogens with one attached hydrogen (secondary N) is 1. The van der Waals surface area contributed by atoms with Gasteiger partial charge in [-0.2, -0.15) is 4.98 Å². The van der Waals surface area contributed by atoms with Crippen molar-refractivity contribution in [2.75, 3.05) is 45.3 Å². The van der Waals surface area contributed by atoms with Crippen LogP contribution in [-0.2, 0) is 4.74 Å². The van der Waals surface area contributed by atoms with Gasteiger partial charge in [-0.3, -0.25) is 4.98 Å². The third kappa shape index (κ3) is 3.28. The maximum absolute atomic E-state index is 5.64. The molecule has 2 heterocycles. The van der Waals surface area contributed by atoms with Crippen LogP contribution in [0, 0.1) is 0 Å². The van der Waals surface area contributed by atoms with Crippen molar-refractivity contribution in [1.82, 2.24) is 15.3 Å². The lowest BCUT2D eigenvalue weighted by Crippen LogP contribution is -2.44.